The molecule has 0 saturated carbocycles. The molecule has 2 N–H and O–H groups in total. The number of benzene rings is 1. The highest BCUT2D eigenvalue weighted by atomic mass is 19.1. The summed E-state index contributed by atoms with van der Waals surface area (Å²) >= 11 is 0. The number of ether oxygens (including phenoxy) is 2. The lowest BCUT2D eigenvalue weighted by Crippen LogP contribution is -2.11. The highest BCUT2D eigenvalue weighted by Gasteiger charge is 1.99. The molecule has 0 aliphatic rings. The molecule has 0 aliphatic carbocycles. The monoisotopic (exact) mass is 213 g/mol. The van der Waals surface area contributed by atoms with Crippen LogP contribution < -0.4 is 10.5 Å². The van der Waals surface area contributed by atoms with Gasteiger partial charge in [0.25, 0.3) is 0 Å². The Morgan fingerprint density at radius 3 is 2.60 bits per heavy atom. The number of hydrogen-bond donors (Lipinski definition) is 1. The average molecular weight is 213 g/mol. The second kappa shape index (κ2) is 5.56. The quantitative estimate of drug-likeness (QED) is 0.602. The molecular formula is C11H16FNO2. The molecule has 0 fully saturated rings. The van der Waals surface area contributed by atoms with Crippen LogP contribution in [0.5, 0.6) is 5.75 Å². The van der Waals surface area contributed by atoms with Gasteiger partial charge in [-0.2, -0.15) is 0 Å². The summed E-state index contributed by atoms with van der Waals surface area (Å²) in [4.78, 5) is 0. The molecule has 0 atom stereocenters. The van der Waals surface area contributed by atoms with Crippen molar-refractivity contribution in [1.29, 1.82) is 0 Å². The van der Waals surface area contributed by atoms with Crippen molar-refractivity contribution >= 4 is 5.69 Å². The number of nitrogens with two attached hydrogens (primary N) is 1. The van der Waals surface area contributed by atoms with E-state index in [0.717, 1.165) is 0 Å². The van der Waals surface area contributed by atoms with Crippen molar-refractivity contribution < 1.29 is 13.9 Å². The van der Waals surface area contributed by atoms with Gasteiger partial charge in [0, 0.05) is 17.8 Å². The summed E-state index contributed by atoms with van der Waals surface area (Å²) in [7, 11) is 0. The first-order valence-corrected chi connectivity index (χ1v) is 4.88. The molecule has 4 heteroatoms. The van der Waals surface area contributed by atoms with E-state index in [2.05, 4.69) is 0 Å². The van der Waals surface area contributed by atoms with Crippen LogP contribution in [0.15, 0.2) is 18.2 Å². The van der Waals surface area contributed by atoms with E-state index in [0.29, 0.717) is 24.7 Å². The fraction of sp³-hybridized carbons (Fsp3) is 0.455. The van der Waals surface area contributed by atoms with Crippen LogP contribution in [-0.2, 0) is 4.74 Å². The Labute approximate surface area is 89.0 Å². The van der Waals surface area contributed by atoms with Gasteiger partial charge in [-0.25, -0.2) is 4.39 Å². The van der Waals surface area contributed by atoms with Crippen LogP contribution in [-0.4, -0.2) is 19.3 Å². The lowest BCUT2D eigenvalue weighted by Gasteiger charge is -2.09. The fourth-order valence-corrected chi connectivity index (χ4v) is 1.11. The molecule has 0 saturated heterocycles. The molecule has 1 rings (SSSR count). The standard InChI is InChI=1S/C11H16FNO2/c1-8(2)14-3-4-15-11-6-9(12)5-10(13)7-11/h5-8H,3-4,13H2,1-2H3. The molecule has 0 spiro atoms. The van der Waals surface area contributed by atoms with Crippen LogP contribution in [0.25, 0.3) is 0 Å². The average Bonchev–Trinajstić information content (AvgIpc) is 2.10. The van der Waals surface area contributed by atoms with Crippen LogP contribution >= 0.6 is 0 Å². The van der Waals surface area contributed by atoms with Crippen molar-refractivity contribution in [1.82, 2.24) is 0 Å². The Morgan fingerprint density at radius 2 is 2.00 bits per heavy atom. The summed E-state index contributed by atoms with van der Waals surface area (Å²) in [5.41, 5.74) is 5.82. The van der Waals surface area contributed by atoms with Gasteiger partial charge in [-0.3, -0.25) is 0 Å². The Hall–Kier alpha value is -1.29. The van der Waals surface area contributed by atoms with Gasteiger partial charge in [0.1, 0.15) is 18.2 Å². The molecule has 0 heterocycles. The van der Waals surface area contributed by atoms with E-state index >= 15 is 0 Å². The van der Waals surface area contributed by atoms with Gasteiger partial charge in [-0.05, 0) is 19.9 Å². The largest absolute Gasteiger partial charge is 0.491 e. The maximum atomic E-state index is 12.9. The molecule has 3 nitrogen and oxygen atoms in total. The predicted molar refractivity (Wildman–Crippen MR) is 57.4 cm³/mol. The predicted octanol–water partition coefficient (Wildman–Crippen LogP) is 2.21. The van der Waals surface area contributed by atoms with Gasteiger partial charge in [0.15, 0.2) is 0 Å². The van der Waals surface area contributed by atoms with Crippen molar-refractivity contribution in [3.63, 3.8) is 0 Å². The zero-order valence-corrected chi connectivity index (χ0v) is 9.00. The lowest BCUT2D eigenvalue weighted by molar-refractivity contribution is 0.0552. The molecule has 84 valence electrons. The topological polar surface area (TPSA) is 44.5 Å². The minimum Gasteiger partial charge on any atom is -0.491 e. The minimum atomic E-state index is -0.394. The molecule has 0 amide bonds. The van der Waals surface area contributed by atoms with E-state index in [1.54, 1.807) is 6.07 Å². The first-order chi connectivity index (χ1) is 7.08. The van der Waals surface area contributed by atoms with E-state index in [1.165, 1.54) is 12.1 Å². The zero-order valence-electron chi connectivity index (χ0n) is 9.00. The summed E-state index contributed by atoms with van der Waals surface area (Å²) < 4.78 is 23.4. The van der Waals surface area contributed by atoms with Crippen LogP contribution in [0.4, 0.5) is 10.1 Å². The Bertz CT molecular complexity index is 295. The van der Waals surface area contributed by atoms with Crippen molar-refractivity contribution in [2.45, 2.75) is 20.0 Å². The third-order valence-corrected chi connectivity index (χ3v) is 1.70. The Morgan fingerprint density at radius 1 is 1.27 bits per heavy atom. The first-order valence-electron chi connectivity index (χ1n) is 4.88. The molecule has 0 radical (unpaired) electrons. The number of anilines is 1. The van der Waals surface area contributed by atoms with Gasteiger partial charge in [-0.1, -0.05) is 0 Å². The molecular weight excluding hydrogens is 197 g/mol. The van der Waals surface area contributed by atoms with Crippen molar-refractivity contribution in [2.24, 2.45) is 0 Å². The van der Waals surface area contributed by atoms with Crippen LogP contribution in [0.1, 0.15) is 13.8 Å². The van der Waals surface area contributed by atoms with E-state index in [1.807, 2.05) is 13.8 Å². The number of halogens is 1. The van der Waals surface area contributed by atoms with Crippen molar-refractivity contribution in [2.75, 3.05) is 18.9 Å². The number of rotatable bonds is 5. The normalized spacial score (nSPS) is 10.7. The van der Waals surface area contributed by atoms with Gasteiger partial charge < -0.3 is 15.2 Å². The SMILES string of the molecule is CC(C)OCCOc1cc(N)cc(F)c1. The molecule has 0 bridgehead atoms. The molecule has 1 aromatic rings. The van der Waals surface area contributed by atoms with Crippen LogP contribution in [0.3, 0.4) is 0 Å². The summed E-state index contributed by atoms with van der Waals surface area (Å²) in [5.74, 6) is 0.0367. The Kier molecular flexibility index (Phi) is 4.37. The number of nitrogen functional groups attached to an aromatic ring is 1. The summed E-state index contributed by atoms with van der Waals surface area (Å²) in [5, 5.41) is 0. The van der Waals surface area contributed by atoms with Gasteiger partial charge in [0.2, 0.25) is 0 Å². The first kappa shape index (κ1) is 11.8. The fourth-order valence-electron chi connectivity index (χ4n) is 1.11. The Balaban J connectivity index is 2.37. The van der Waals surface area contributed by atoms with Crippen LogP contribution in [0, 0.1) is 5.82 Å². The molecule has 1 aromatic carbocycles. The molecule has 15 heavy (non-hydrogen) atoms. The molecule has 0 aliphatic heterocycles. The minimum absolute atomic E-state index is 0.172. The van der Waals surface area contributed by atoms with Crippen LogP contribution in [0.2, 0.25) is 0 Å². The maximum Gasteiger partial charge on any atom is 0.128 e. The van der Waals surface area contributed by atoms with Gasteiger partial charge >= 0.3 is 0 Å². The van der Waals surface area contributed by atoms with E-state index in [4.69, 9.17) is 15.2 Å². The van der Waals surface area contributed by atoms with E-state index in [9.17, 15) is 4.39 Å². The highest BCUT2D eigenvalue weighted by molar-refractivity contribution is 5.44. The van der Waals surface area contributed by atoms with Gasteiger partial charge in [0.05, 0.1) is 12.7 Å². The second-order valence-electron chi connectivity index (χ2n) is 3.49. The van der Waals surface area contributed by atoms with Crippen molar-refractivity contribution in [3.8, 4) is 5.75 Å². The van der Waals surface area contributed by atoms with E-state index in [-0.39, 0.29) is 6.10 Å². The van der Waals surface area contributed by atoms with Gasteiger partial charge in [-0.15, -0.1) is 0 Å². The summed E-state index contributed by atoms with van der Waals surface area (Å²) in [6, 6.07) is 4.13. The third kappa shape index (κ3) is 4.65. The zero-order chi connectivity index (χ0) is 11.3. The van der Waals surface area contributed by atoms with Crippen molar-refractivity contribution in [3.05, 3.63) is 24.0 Å². The highest BCUT2D eigenvalue weighted by Crippen LogP contribution is 2.17. The molecule has 0 unspecified atom stereocenters. The smallest absolute Gasteiger partial charge is 0.128 e. The number of hydrogen-bond acceptors (Lipinski definition) is 3. The molecule has 0 aromatic heterocycles. The summed E-state index contributed by atoms with van der Waals surface area (Å²) in [6.07, 6.45) is 0.172. The third-order valence-electron chi connectivity index (χ3n) is 1.70. The second-order valence-corrected chi connectivity index (χ2v) is 3.49. The lowest BCUT2D eigenvalue weighted by atomic mass is 10.3. The summed E-state index contributed by atoms with van der Waals surface area (Å²) in [6.45, 7) is 4.76. The van der Waals surface area contributed by atoms with E-state index < -0.39 is 5.82 Å². The maximum absolute atomic E-state index is 12.9.